The average molecular weight is 311 g/mol. The number of halogens is 2. The zero-order valence-corrected chi connectivity index (χ0v) is 11.1. The van der Waals surface area contributed by atoms with Gasteiger partial charge in [0.1, 0.15) is 12.7 Å². The van der Waals surface area contributed by atoms with E-state index in [1.807, 2.05) is 18.2 Å². The minimum Gasteiger partial charge on any atom is -0.487 e. The number of benzene rings is 2. The minimum atomic E-state index is -0.774. The molecular formula is C14H12BrFO2. The molecule has 0 aliphatic rings. The minimum absolute atomic E-state index is 0.0113. The smallest absolute Gasteiger partial charge is 0.165 e. The molecule has 0 fully saturated rings. The molecule has 94 valence electrons. The first-order chi connectivity index (χ1) is 8.66. The monoisotopic (exact) mass is 310 g/mol. The van der Waals surface area contributed by atoms with Crippen molar-refractivity contribution < 1.29 is 14.2 Å². The normalized spacial score (nSPS) is 12.2. The number of hydrogen-bond donors (Lipinski definition) is 1. The molecule has 1 atom stereocenters. The Hall–Kier alpha value is -1.39. The van der Waals surface area contributed by atoms with Gasteiger partial charge in [-0.05, 0) is 23.8 Å². The third-order valence-corrected chi connectivity index (χ3v) is 2.97. The van der Waals surface area contributed by atoms with E-state index in [2.05, 4.69) is 15.9 Å². The van der Waals surface area contributed by atoms with Crippen LogP contribution in [0.15, 0.2) is 53.0 Å². The SMILES string of the molecule is OC(COc1cc(Br)ccc1F)c1ccccc1. The second-order valence-electron chi connectivity index (χ2n) is 3.81. The van der Waals surface area contributed by atoms with Gasteiger partial charge in [0.05, 0.1) is 0 Å². The molecule has 0 saturated carbocycles. The Kier molecular flexibility index (Phi) is 4.33. The van der Waals surface area contributed by atoms with Gasteiger partial charge in [-0.1, -0.05) is 46.3 Å². The lowest BCUT2D eigenvalue weighted by molar-refractivity contribution is 0.106. The van der Waals surface area contributed by atoms with Gasteiger partial charge < -0.3 is 9.84 Å². The highest BCUT2D eigenvalue weighted by Crippen LogP contribution is 2.23. The van der Waals surface area contributed by atoms with E-state index in [1.165, 1.54) is 12.1 Å². The van der Waals surface area contributed by atoms with Gasteiger partial charge in [0.2, 0.25) is 0 Å². The Balaban J connectivity index is 2.01. The highest BCUT2D eigenvalue weighted by atomic mass is 79.9. The van der Waals surface area contributed by atoms with Crippen LogP contribution in [0, 0.1) is 5.82 Å². The largest absolute Gasteiger partial charge is 0.487 e. The van der Waals surface area contributed by atoms with Gasteiger partial charge in [0, 0.05) is 4.47 Å². The van der Waals surface area contributed by atoms with E-state index >= 15 is 0 Å². The van der Waals surface area contributed by atoms with Crippen molar-refractivity contribution in [2.45, 2.75) is 6.10 Å². The molecule has 2 aromatic rings. The summed E-state index contributed by atoms with van der Waals surface area (Å²) in [6.07, 6.45) is -0.774. The first-order valence-corrected chi connectivity index (χ1v) is 6.27. The van der Waals surface area contributed by atoms with Crippen LogP contribution in [0.5, 0.6) is 5.75 Å². The molecule has 0 saturated heterocycles. The van der Waals surface area contributed by atoms with Crippen LogP contribution in [0.3, 0.4) is 0 Å². The molecule has 0 aliphatic heterocycles. The summed E-state index contributed by atoms with van der Waals surface area (Å²) in [5, 5.41) is 9.88. The summed E-state index contributed by atoms with van der Waals surface area (Å²) in [4.78, 5) is 0. The number of aliphatic hydroxyl groups is 1. The van der Waals surface area contributed by atoms with Gasteiger partial charge in [-0.2, -0.15) is 0 Å². The Morgan fingerprint density at radius 1 is 1.17 bits per heavy atom. The van der Waals surface area contributed by atoms with Crippen LogP contribution in [0.1, 0.15) is 11.7 Å². The van der Waals surface area contributed by atoms with E-state index in [1.54, 1.807) is 18.2 Å². The highest BCUT2D eigenvalue weighted by Gasteiger charge is 2.10. The van der Waals surface area contributed by atoms with Crippen molar-refractivity contribution in [2.75, 3.05) is 6.61 Å². The van der Waals surface area contributed by atoms with Gasteiger partial charge in [-0.25, -0.2) is 4.39 Å². The van der Waals surface area contributed by atoms with Crippen molar-refractivity contribution in [3.8, 4) is 5.75 Å². The van der Waals surface area contributed by atoms with Crippen molar-refractivity contribution in [2.24, 2.45) is 0 Å². The summed E-state index contributed by atoms with van der Waals surface area (Å²) in [7, 11) is 0. The number of aliphatic hydroxyl groups excluding tert-OH is 1. The Labute approximate surface area is 113 Å². The fraction of sp³-hybridized carbons (Fsp3) is 0.143. The highest BCUT2D eigenvalue weighted by molar-refractivity contribution is 9.10. The maximum absolute atomic E-state index is 13.4. The topological polar surface area (TPSA) is 29.5 Å². The lowest BCUT2D eigenvalue weighted by atomic mass is 10.1. The lowest BCUT2D eigenvalue weighted by Crippen LogP contribution is -2.10. The van der Waals surface area contributed by atoms with Crippen LogP contribution in [0.4, 0.5) is 4.39 Å². The molecule has 0 bridgehead atoms. The fourth-order valence-electron chi connectivity index (χ4n) is 1.53. The molecular weight excluding hydrogens is 299 g/mol. The quantitative estimate of drug-likeness (QED) is 0.933. The fourth-order valence-corrected chi connectivity index (χ4v) is 1.87. The van der Waals surface area contributed by atoms with E-state index in [-0.39, 0.29) is 12.4 Å². The van der Waals surface area contributed by atoms with E-state index < -0.39 is 11.9 Å². The third-order valence-electron chi connectivity index (χ3n) is 2.47. The van der Waals surface area contributed by atoms with E-state index in [4.69, 9.17) is 4.74 Å². The van der Waals surface area contributed by atoms with Gasteiger partial charge in [-0.3, -0.25) is 0 Å². The van der Waals surface area contributed by atoms with E-state index in [0.29, 0.717) is 0 Å². The van der Waals surface area contributed by atoms with Crippen LogP contribution >= 0.6 is 15.9 Å². The van der Waals surface area contributed by atoms with Crippen molar-refractivity contribution in [3.63, 3.8) is 0 Å². The first kappa shape index (κ1) is 13.1. The molecule has 4 heteroatoms. The van der Waals surface area contributed by atoms with Gasteiger partial charge in [0.15, 0.2) is 11.6 Å². The van der Waals surface area contributed by atoms with Crippen molar-refractivity contribution in [1.82, 2.24) is 0 Å². The summed E-state index contributed by atoms with van der Waals surface area (Å²) in [6, 6.07) is 13.6. The third kappa shape index (κ3) is 3.31. The molecule has 0 aliphatic carbocycles. The molecule has 18 heavy (non-hydrogen) atoms. The van der Waals surface area contributed by atoms with Crippen molar-refractivity contribution in [1.29, 1.82) is 0 Å². The maximum Gasteiger partial charge on any atom is 0.165 e. The van der Waals surface area contributed by atoms with E-state index in [9.17, 15) is 9.50 Å². The number of hydrogen-bond acceptors (Lipinski definition) is 2. The predicted octanol–water partition coefficient (Wildman–Crippen LogP) is 3.70. The zero-order valence-electron chi connectivity index (χ0n) is 9.51. The van der Waals surface area contributed by atoms with Gasteiger partial charge in [0.25, 0.3) is 0 Å². The molecule has 0 radical (unpaired) electrons. The van der Waals surface area contributed by atoms with Crippen LogP contribution in [-0.4, -0.2) is 11.7 Å². The molecule has 0 aromatic heterocycles. The van der Waals surface area contributed by atoms with Crippen LogP contribution in [0.25, 0.3) is 0 Å². The molecule has 0 heterocycles. The van der Waals surface area contributed by atoms with Gasteiger partial charge in [-0.15, -0.1) is 0 Å². The average Bonchev–Trinajstić information content (AvgIpc) is 2.40. The number of ether oxygens (including phenoxy) is 1. The summed E-state index contributed by atoms with van der Waals surface area (Å²) in [5.41, 5.74) is 0.743. The van der Waals surface area contributed by atoms with Crippen LogP contribution in [-0.2, 0) is 0 Å². The molecule has 0 amide bonds. The Morgan fingerprint density at radius 2 is 1.89 bits per heavy atom. The second-order valence-corrected chi connectivity index (χ2v) is 4.73. The Bertz CT molecular complexity index is 516. The van der Waals surface area contributed by atoms with Crippen molar-refractivity contribution in [3.05, 3.63) is 64.4 Å². The zero-order chi connectivity index (χ0) is 13.0. The summed E-state index contributed by atoms with van der Waals surface area (Å²) in [5.74, 6) is -0.321. The van der Waals surface area contributed by atoms with Crippen LogP contribution in [0.2, 0.25) is 0 Å². The summed E-state index contributed by atoms with van der Waals surface area (Å²) in [6.45, 7) is 0.0113. The van der Waals surface area contributed by atoms with E-state index in [0.717, 1.165) is 10.0 Å². The Morgan fingerprint density at radius 3 is 2.61 bits per heavy atom. The first-order valence-electron chi connectivity index (χ1n) is 5.47. The molecule has 2 aromatic carbocycles. The molecule has 1 unspecified atom stereocenters. The summed E-state index contributed by atoms with van der Waals surface area (Å²) < 4.78 is 19.4. The maximum atomic E-state index is 13.4. The molecule has 2 nitrogen and oxygen atoms in total. The molecule has 1 N–H and O–H groups in total. The summed E-state index contributed by atoms with van der Waals surface area (Å²) >= 11 is 3.24. The predicted molar refractivity (Wildman–Crippen MR) is 71.0 cm³/mol. The second kappa shape index (κ2) is 5.98. The number of rotatable bonds is 4. The standard InChI is InChI=1S/C14H12BrFO2/c15-11-6-7-12(16)14(8-11)18-9-13(17)10-4-2-1-3-5-10/h1-8,13,17H,9H2. The molecule has 2 rings (SSSR count). The lowest BCUT2D eigenvalue weighted by Gasteiger charge is -2.13. The molecule has 0 spiro atoms. The van der Waals surface area contributed by atoms with Crippen molar-refractivity contribution >= 4 is 15.9 Å². The van der Waals surface area contributed by atoms with Gasteiger partial charge >= 0.3 is 0 Å². The van der Waals surface area contributed by atoms with Crippen LogP contribution < -0.4 is 4.74 Å².